The predicted octanol–water partition coefficient (Wildman–Crippen LogP) is 2.92. The monoisotopic (exact) mass is 339 g/mol. The van der Waals surface area contributed by atoms with E-state index in [-0.39, 0.29) is 17.5 Å². The highest BCUT2D eigenvalue weighted by molar-refractivity contribution is 5.78. The molecule has 1 aromatic carbocycles. The van der Waals surface area contributed by atoms with Gasteiger partial charge in [-0.15, -0.1) is 0 Å². The van der Waals surface area contributed by atoms with Gasteiger partial charge in [-0.2, -0.15) is 0 Å². The van der Waals surface area contributed by atoms with Gasteiger partial charge in [0.15, 0.2) is 0 Å². The van der Waals surface area contributed by atoms with Gasteiger partial charge in [-0.1, -0.05) is 12.1 Å². The Morgan fingerprint density at radius 3 is 2.68 bits per heavy atom. The van der Waals surface area contributed by atoms with Crippen LogP contribution in [-0.4, -0.2) is 33.4 Å². The number of carbonyl (C=O) groups excluding carboxylic acids is 1. The van der Waals surface area contributed by atoms with Crippen LogP contribution in [0.1, 0.15) is 50.9 Å². The molecule has 0 atom stereocenters. The number of rotatable bonds is 7. The fourth-order valence-corrected chi connectivity index (χ4v) is 3.47. The zero-order valence-electron chi connectivity index (χ0n) is 14.8. The highest BCUT2D eigenvalue weighted by Gasteiger charge is 2.29. The van der Waals surface area contributed by atoms with Crippen LogP contribution in [0.4, 0.5) is 0 Å². The van der Waals surface area contributed by atoms with E-state index in [1.807, 2.05) is 40.7 Å². The average Bonchev–Trinajstić information content (AvgIpc) is 3.52. The Bertz CT molecular complexity index is 850. The van der Waals surface area contributed by atoms with Gasteiger partial charge in [0.1, 0.15) is 5.82 Å². The lowest BCUT2D eigenvalue weighted by atomic mass is 10.2. The molecule has 1 amide bonds. The topological polar surface area (TPSA) is 55.2 Å². The molecule has 1 heterocycles. The zero-order chi connectivity index (χ0) is 17.4. The molecule has 0 saturated heterocycles. The molecule has 2 aromatic rings. The molecule has 5 nitrogen and oxygen atoms in total. The maximum atomic E-state index is 12.8. The third-order valence-electron chi connectivity index (χ3n) is 5.27. The van der Waals surface area contributed by atoms with E-state index in [4.69, 9.17) is 4.98 Å². The van der Waals surface area contributed by atoms with Crippen LogP contribution in [0.25, 0.3) is 10.9 Å². The van der Waals surface area contributed by atoms with Gasteiger partial charge in [-0.3, -0.25) is 14.2 Å². The molecule has 4 rings (SSSR count). The van der Waals surface area contributed by atoms with Crippen LogP contribution in [0, 0.1) is 5.92 Å². The summed E-state index contributed by atoms with van der Waals surface area (Å²) in [5.74, 6) is 1.65. The van der Waals surface area contributed by atoms with Gasteiger partial charge in [-0.25, -0.2) is 4.98 Å². The van der Waals surface area contributed by atoms with Crippen LogP contribution in [0.3, 0.4) is 0 Å². The molecule has 0 radical (unpaired) electrons. The van der Waals surface area contributed by atoms with Crippen LogP contribution in [-0.2, 0) is 11.2 Å². The molecular formula is C20H25N3O2. The SMILES string of the molecule is CCN(CC1CC1)C(=O)CCc1nc2ccccc2c(=O)n1C1CC1. The highest BCUT2D eigenvalue weighted by Crippen LogP contribution is 2.35. The first-order valence-corrected chi connectivity index (χ1v) is 9.45. The first kappa shape index (κ1) is 16.3. The fourth-order valence-electron chi connectivity index (χ4n) is 3.47. The Balaban J connectivity index is 1.57. The van der Waals surface area contributed by atoms with Crippen LogP contribution in [0.15, 0.2) is 29.1 Å². The predicted molar refractivity (Wildman–Crippen MR) is 97.6 cm³/mol. The second-order valence-corrected chi connectivity index (χ2v) is 7.33. The third-order valence-corrected chi connectivity index (χ3v) is 5.27. The molecule has 2 aliphatic carbocycles. The quantitative estimate of drug-likeness (QED) is 0.779. The smallest absolute Gasteiger partial charge is 0.261 e. The molecule has 2 aliphatic rings. The van der Waals surface area contributed by atoms with E-state index in [2.05, 4.69) is 0 Å². The highest BCUT2D eigenvalue weighted by atomic mass is 16.2. The molecule has 2 saturated carbocycles. The van der Waals surface area contributed by atoms with Gasteiger partial charge >= 0.3 is 0 Å². The average molecular weight is 339 g/mol. The van der Waals surface area contributed by atoms with Crippen molar-refractivity contribution in [3.05, 3.63) is 40.4 Å². The van der Waals surface area contributed by atoms with Gasteiger partial charge in [0, 0.05) is 32.0 Å². The van der Waals surface area contributed by atoms with Crippen LogP contribution in [0.5, 0.6) is 0 Å². The van der Waals surface area contributed by atoms with E-state index in [1.165, 1.54) is 12.8 Å². The minimum Gasteiger partial charge on any atom is -0.343 e. The molecular weight excluding hydrogens is 314 g/mol. The molecule has 132 valence electrons. The normalized spacial score (nSPS) is 17.0. The first-order chi connectivity index (χ1) is 12.2. The molecule has 0 bridgehead atoms. The summed E-state index contributed by atoms with van der Waals surface area (Å²) < 4.78 is 1.84. The molecule has 0 aliphatic heterocycles. The van der Waals surface area contributed by atoms with E-state index in [0.717, 1.165) is 37.3 Å². The Hall–Kier alpha value is -2.17. The largest absolute Gasteiger partial charge is 0.343 e. The van der Waals surface area contributed by atoms with Crippen molar-refractivity contribution >= 4 is 16.8 Å². The van der Waals surface area contributed by atoms with Gasteiger partial charge in [0.2, 0.25) is 5.91 Å². The number of nitrogens with zero attached hydrogens (tertiary/aromatic N) is 3. The van der Waals surface area contributed by atoms with Gasteiger partial charge in [0.25, 0.3) is 5.56 Å². The minimum atomic E-state index is 0.0425. The molecule has 0 N–H and O–H groups in total. The number of benzene rings is 1. The lowest BCUT2D eigenvalue weighted by Gasteiger charge is -2.21. The summed E-state index contributed by atoms with van der Waals surface area (Å²) in [6, 6.07) is 7.77. The van der Waals surface area contributed by atoms with Crippen LogP contribution >= 0.6 is 0 Å². The zero-order valence-corrected chi connectivity index (χ0v) is 14.8. The summed E-state index contributed by atoms with van der Waals surface area (Å²) in [4.78, 5) is 32.1. The minimum absolute atomic E-state index is 0.0425. The summed E-state index contributed by atoms with van der Waals surface area (Å²) in [5.41, 5.74) is 0.776. The van der Waals surface area contributed by atoms with Crippen LogP contribution < -0.4 is 5.56 Å². The molecule has 2 fully saturated rings. The van der Waals surface area contributed by atoms with Gasteiger partial charge < -0.3 is 4.90 Å². The van der Waals surface area contributed by atoms with Crippen molar-refractivity contribution in [1.29, 1.82) is 0 Å². The van der Waals surface area contributed by atoms with E-state index in [1.54, 1.807) is 0 Å². The second kappa shape index (κ2) is 6.62. The summed E-state index contributed by atoms with van der Waals surface area (Å²) in [6.45, 7) is 3.68. The maximum absolute atomic E-state index is 12.8. The summed E-state index contributed by atoms with van der Waals surface area (Å²) in [7, 11) is 0. The number of hydrogen-bond acceptors (Lipinski definition) is 3. The van der Waals surface area contributed by atoms with Crippen molar-refractivity contribution in [3.63, 3.8) is 0 Å². The molecule has 0 spiro atoms. The van der Waals surface area contributed by atoms with Crippen molar-refractivity contribution in [1.82, 2.24) is 14.5 Å². The van der Waals surface area contributed by atoms with Gasteiger partial charge in [-0.05, 0) is 50.7 Å². The van der Waals surface area contributed by atoms with E-state index in [9.17, 15) is 9.59 Å². The lowest BCUT2D eigenvalue weighted by molar-refractivity contribution is -0.131. The summed E-state index contributed by atoms with van der Waals surface area (Å²) >= 11 is 0. The van der Waals surface area contributed by atoms with Gasteiger partial charge in [0.05, 0.1) is 10.9 Å². The van der Waals surface area contributed by atoms with Crippen molar-refractivity contribution in [2.75, 3.05) is 13.1 Å². The number of aryl methyl sites for hydroxylation is 1. The Morgan fingerprint density at radius 1 is 1.24 bits per heavy atom. The number of para-hydroxylation sites is 1. The number of aromatic nitrogens is 2. The number of carbonyl (C=O) groups is 1. The second-order valence-electron chi connectivity index (χ2n) is 7.33. The third kappa shape index (κ3) is 3.46. The van der Waals surface area contributed by atoms with Crippen molar-refractivity contribution in [2.45, 2.75) is 51.5 Å². The molecule has 1 aromatic heterocycles. The summed E-state index contributed by atoms with van der Waals surface area (Å²) in [6.07, 6.45) is 5.52. The van der Waals surface area contributed by atoms with E-state index >= 15 is 0 Å². The first-order valence-electron chi connectivity index (χ1n) is 9.45. The van der Waals surface area contributed by atoms with E-state index in [0.29, 0.717) is 24.1 Å². The maximum Gasteiger partial charge on any atom is 0.261 e. The van der Waals surface area contributed by atoms with E-state index < -0.39 is 0 Å². The Morgan fingerprint density at radius 2 is 2.00 bits per heavy atom. The number of hydrogen-bond donors (Lipinski definition) is 0. The fraction of sp³-hybridized carbons (Fsp3) is 0.550. The summed E-state index contributed by atoms with van der Waals surface area (Å²) in [5, 5.41) is 0.674. The molecule has 25 heavy (non-hydrogen) atoms. The van der Waals surface area contributed by atoms with Crippen molar-refractivity contribution in [2.24, 2.45) is 5.92 Å². The van der Waals surface area contributed by atoms with Crippen molar-refractivity contribution < 1.29 is 4.79 Å². The Kier molecular flexibility index (Phi) is 4.32. The number of amides is 1. The van der Waals surface area contributed by atoms with Crippen molar-refractivity contribution in [3.8, 4) is 0 Å². The van der Waals surface area contributed by atoms with Crippen LogP contribution in [0.2, 0.25) is 0 Å². The standard InChI is InChI=1S/C20H25N3O2/c1-2-22(13-14-7-8-14)19(24)12-11-18-21-17-6-4-3-5-16(17)20(25)23(18)15-9-10-15/h3-6,14-15H,2,7-13H2,1H3. The Labute approximate surface area is 147 Å². The lowest BCUT2D eigenvalue weighted by Crippen LogP contribution is -2.33. The molecule has 5 heteroatoms. The number of fused-ring (bicyclic) bond motifs is 1. The molecule has 0 unspecified atom stereocenters.